The third-order valence-electron chi connectivity index (χ3n) is 3.46. The Hall–Kier alpha value is -0.960. The van der Waals surface area contributed by atoms with Gasteiger partial charge in [-0.15, -0.1) is 0 Å². The average Bonchev–Trinajstić information content (AvgIpc) is 2.66. The monoisotopic (exact) mass is 206 g/mol. The van der Waals surface area contributed by atoms with Gasteiger partial charge in [0.1, 0.15) is 5.76 Å². The van der Waals surface area contributed by atoms with Gasteiger partial charge in [0.25, 0.3) is 0 Å². The highest BCUT2D eigenvalue weighted by Crippen LogP contribution is 2.28. The molecule has 1 aromatic heterocycles. The highest BCUT2D eigenvalue weighted by atomic mass is 16.4. The van der Waals surface area contributed by atoms with Crippen LogP contribution in [0.1, 0.15) is 30.9 Å². The molecule has 0 amide bonds. The lowest BCUT2D eigenvalue weighted by Crippen LogP contribution is -2.39. The fourth-order valence-electron chi connectivity index (χ4n) is 2.34. The molecular weight excluding hydrogens is 188 g/mol. The van der Waals surface area contributed by atoms with Gasteiger partial charge in [0, 0.05) is 38.2 Å². The first kappa shape index (κ1) is 9.28. The smallest absolute Gasteiger partial charge is 0.195 e. The quantitative estimate of drug-likeness (QED) is 0.801. The number of nitrogens with zero attached hydrogens (tertiary/aromatic N) is 1. The van der Waals surface area contributed by atoms with Gasteiger partial charge in [-0.05, 0) is 25.3 Å². The predicted octanol–water partition coefficient (Wildman–Crippen LogP) is 1.96. The highest BCUT2D eigenvalue weighted by molar-refractivity contribution is 5.37. The summed E-state index contributed by atoms with van der Waals surface area (Å²) in [5.41, 5.74) is 0. The summed E-state index contributed by atoms with van der Waals surface area (Å²) in [4.78, 5) is 2.37. The standard InChI is InChI=1S/C12H18N2O/c1-2-6-14(7-3-1)12-5-4-11(15-12)10-8-13-9-10/h4-5,10,13H,1-3,6-9H2. The SMILES string of the molecule is c1cc(N2CCCCC2)oc1C1CNC1. The molecule has 3 nitrogen and oxygen atoms in total. The lowest BCUT2D eigenvalue weighted by atomic mass is 10.0. The summed E-state index contributed by atoms with van der Waals surface area (Å²) in [7, 11) is 0. The fourth-order valence-corrected chi connectivity index (χ4v) is 2.34. The van der Waals surface area contributed by atoms with Crippen LogP contribution in [0, 0.1) is 0 Å². The second-order valence-electron chi connectivity index (χ2n) is 4.58. The maximum atomic E-state index is 5.91. The molecule has 0 atom stereocenters. The summed E-state index contributed by atoms with van der Waals surface area (Å²) in [5, 5.41) is 3.27. The zero-order chi connectivity index (χ0) is 10.1. The van der Waals surface area contributed by atoms with Crippen molar-refractivity contribution in [1.82, 2.24) is 5.32 Å². The van der Waals surface area contributed by atoms with Gasteiger partial charge in [-0.2, -0.15) is 0 Å². The summed E-state index contributed by atoms with van der Waals surface area (Å²) in [6.07, 6.45) is 3.98. The molecule has 15 heavy (non-hydrogen) atoms. The third-order valence-corrected chi connectivity index (χ3v) is 3.46. The zero-order valence-corrected chi connectivity index (χ0v) is 9.04. The molecule has 3 rings (SSSR count). The fraction of sp³-hybridized carbons (Fsp3) is 0.667. The van der Waals surface area contributed by atoms with E-state index in [1.807, 2.05) is 0 Å². The largest absolute Gasteiger partial charge is 0.445 e. The van der Waals surface area contributed by atoms with E-state index in [1.165, 1.54) is 19.3 Å². The lowest BCUT2D eigenvalue weighted by molar-refractivity contribution is 0.366. The first-order valence-corrected chi connectivity index (χ1v) is 5.99. The molecule has 0 aliphatic carbocycles. The van der Waals surface area contributed by atoms with Crippen molar-refractivity contribution in [2.24, 2.45) is 0 Å². The lowest BCUT2D eigenvalue weighted by Gasteiger charge is -2.27. The van der Waals surface area contributed by atoms with Crippen LogP contribution in [0.3, 0.4) is 0 Å². The van der Waals surface area contributed by atoms with E-state index < -0.39 is 0 Å². The van der Waals surface area contributed by atoms with Gasteiger partial charge in [-0.3, -0.25) is 0 Å². The Kier molecular flexibility index (Phi) is 2.41. The first-order chi connectivity index (χ1) is 7.43. The molecule has 0 spiro atoms. The van der Waals surface area contributed by atoms with Gasteiger partial charge < -0.3 is 14.6 Å². The van der Waals surface area contributed by atoms with E-state index in [0.29, 0.717) is 5.92 Å². The van der Waals surface area contributed by atoms with Crippen molar-refractivity contribution in [2.75, 3.05) is 31.1 Å². The van der Waals surface area contributed by atoms with Crippen LogP contribution in [0.15, 0.2) is 16.5 Å². The molecule has 0 bridgehead atoms. The van der Waals surface area contributed by atoms with E-state index in [9.17, 15) is 0 Å². The predicted molar refractivity (Wildman–Crippen MR) is 60.4 cm³/mol. The van der Waals surface area contributed by atoms with Crippen LogP contribution in [-0.4, -0.2) is 26.2 Å². The number of furan rings is 1. The van der Waals surface area contributed by atoms with Gasteiger partial charge in [0.15, 0.2) is 5.88 Å². The van der Waals surface area contributed by atoms with E-state index in [0.717, 1.165) is 37.8 Å². The normalized spacial score (nSPS) is 22.8. The Morgan fingerprint density at radius 2 is 1.93 bits per heavy atom. The second-order valence-corrected chi connectivity index (χ2v) is 4.58. The number of hydrogen-bond donors (Lipinski definition) is 1. The minimum absolute atomic E-state index is 0.614. The number of piperidine rings is 1. The number of rotatable bonds is 2. The molecule has 3 heterocycles. The average molecular weight is 206 g/mol. The second kappa shape index (κ2) is 3.89. The summed E-state index contributed by atoms with van der Waals surface area (Å²) in [6, 6.07) is 4.29. The first-order valence-electron chi connectivity index (χ1n) is 5.99. The Balaban J connectivity index is 1.71. The summed E-state index contributed by atoms with van der Waals surface area (Å²) in [6.45, 7) is 4.48. The molecule has 2 saturated heterocycles. The maximum absolute atomic E-state index is 5.91. The molecule has 0 unspecified atom stereocenters. The van der Waals surface area contributed by atoms with Crippen molar-refractivity contribution < 1.29 is 4.42 Å². The van der Waals surface area contributed by atoms with Gasteiger partial charge in [-0.25, -0.2) is 0 Å². The minimum Gasteiger partial charge on any atom is -0.445 e. The molecule has 2 aliphatic heterocycles. The van der Waals surface area contributed by atoms with E-state index in [-0.39, 0.29) is 0 Å². The summed E-state index contributed by atoms with van der Waals surface area (Å²) >= 11 is 0. The van der Waals surface area contributed by atoms with Crippen LogP contribution in [0.2, 0.25) is 0 Å². The van der Waals surface area contributed by atoms with Crippen molar-refractivity contribution in [3.05, 3.63) is 17.9 Å². The molecule has 0 aromatic carbocycles. The van der Waals surface area contributed by atoms with E-state index in [2.05, 4.69) is 22.3 Å². The van der Waals surface area contributed by atoms with Crippen molar-refractivity contribution >= 4 is 5.88 Å². The molecule has 1 N–H and O–H groups in total. The van der Waals surface area contributed by atoms with E-state index in [4.69, 9.17) is 4.42 Å². The highest BCUT2D eigenvalue weighted by Gasteiger charge is 2.23. The molecule has 2 aliphatic rings. The van der Waals surface area contributed by atoms with Gasteiger partial charge in [0.05, 0.1) is 0 Å². The molecule has 0 saturated carbocycles. The summed E-state index contributed by atoms with van der Waals surface area (Å²) in [5.74, 6) is 2.86. The molecule has 82 valence electrons. The molecular formula is C12H18N2O. The van der Waals surface area contributed by atoms with Gasteiger partial charge in [0.2, 0.25) is 0 Å². The van der Waals surface area contributed by atoms with Crippen LogP contribution in [-0.2, 0) is 0 Å². The topological polar surface area (TPSA) is 28.4 Å². The third kappa shape index (κ3) is 1.76. The Morgan fingerprint density at radius 1 is 1.13 bits per heavy atom. The summed E-state index contributed by atoms with van der Waals surface area (Å²) < 4.78 is 5.91. The van der Waals surface area contributed by atoms with Gasteiger partial charge in [-0.1, -0.05) is 0 Å². The van der Waals surface area contributed by atoms with Crippen molar-refractivity contribution in [3.8, 4) is 0 Å². The number of hydrogen-bond acceptors (Lipinski definition) is 3. The molecule has 1 aromatic rings. The number of anilines is 1. The van der Waals surface area contributed by atoms with Crippen molar-refractivity contribution in [1.29, 1.82) is 0 Å². The Bertz CT molecular complexity index is 324. The van der Waals surface area contributed by atoms with Crippen LogP contribution >= 0.6 is 0 Å². The minimum atomic E-state index is 0.614. The van der Waals surface area contributed by atoms with E-state index >= 15 is 0 Å². The zero-order valence-electron chi connectivity index (χ0n) is 9.04. The van der Waals surface area contributed by atoms with Crippen molar-refractivity contribution in [3.63, 3.8) is 0 Å². The van der Waals surface area contributed by atoms with Crippen LogP contribution < -0.4 is 10.2 Å². The van der Waals surface area contributed by atoms with Crippen LogP contribution in [0.25, 0.3) is 0 Å². The van der Waals surface area contributed by atoms with Crippen molar-refractivity contribution in [2.45, 2.75) is 25.2 Å². The van der Waals surface area contributed by atoms with Crippen LogP contribution in [0.4, 0.5) is 5.88 Å². The molecule has 3 heteroatoms. The van der Waals surface area contributed by atoms with E-state index in [1.54, 1.807) is 0 Å². The Labute approximate surface area is 90.4 Å². The maximum Gasteiger partial charge on any atom is 0.195 e. The number of nitrogens with one attached hydrogen (secondary N) is 1. The van der Waals surface area contributed by atoms with Crippen LogP contribution in [0.5, 0.6) is 0 Å². The molecule has 2 fully saturated rings. The molecule has 0 radical (unpaired) electrons. The van der Waals surface area contributed by atoms with Gasteiger partial charge >= 0.3 is 0 Å². The Morgan fingerprint density at radius 3 is 2.60 bits per heavy atom.